The summed E-state index contributed by atoms with van der Waals surface area (Å²) < 4.78 is 60.7. The van der Waals surface area contributed by atoms with Crippen LogP contribution in [0.2, 0.25) is 0 Å². The summed E-state index contributed by atoms with van der Waals surface area (Å²) in [6.07, 6.45) is 0. The van der Waals surface area contributed by atoms with Crippen molar-refractivity contribution in [3.05, 3.63) is 34.4 Å². The van der Waals surface area contributed by atoms with Crippen LogP contribution in [-0.2, 0) is 0 Å². The SMILES string of the molecule is O=[N+]([O-])c1c[c]cc(S(F)(F)(F)(F)F)c1. The van der Waals surface area contributed by atoms with E-state index in [0.29, 0.717) is 6.07 Å². The standard InChI is InChI=1S/C6H3F5NO2S/c7-15(8,9,10,11)6-3-1-2-5(4-6)12(13)14/h2-4H. The predicted octanol–water partition coefficient (Wildman–Crippen LogP) is 4.05. The number of nitro groups is 1. The highest BCUT2D eigenvalue weighted by molar-refractivity contribution is 8.45. The molecule has 85 valence electrons. The Hall–Kier alpha value is -1.38. The Kier molecular flexibility index (Phi) is 1.87. The van der Waals surface area contributed by atoms with Crippen molar-refractivity contribution in [2.24, 2.45) is 0 Å². The van der Waals surface area contributed by atoms with Gasteiger partial charge < -0.3 is 0 Å². The van der Waals surface area contributed by atoms with Gasteiger partial charge in [0.2, 0.25) is 0 Å². The molecule has 3 nitrogen and oxygen atoms in total. The monoisotopic (exact) mass is 248 g/mol. The van der Waals surface area contributed by atoms with Gasteiger partial charge in [-0.1, -0.05) is 19.4 Å². The molecular formula is C6H3F5NO2S. The van der Waals surface area contributed by atoms with Crippen LogP contribution in [-0.4, -0.2) is 4.92 Å². The minimum Gasteiger partial charge on any atom is -0.258 e. The van der Waals surface area contributed by atoms with E-state index in [1.54, 1.807) is 6.07 Å². The van der Waals surface area contributed by atoms with Gasteiger partial charge in [0, 0.05) is 12.1 Å². The molecule has 1 radical (unpaired) electrons. The van der Waals surface area contributed by atoms with Crippen LogP contribution in [0.1, 0.15) is 0 Å². The molecule has 15 heavy (non-hydrogen) atoms. The van der Waals surface area contributed by atoms with Crippen LogP contribution in [0.25, 0.3) is 0 Å². The Morgan fingerprint density at radius 1 is 1.20 bits per heavy atom. The summed E-state index contributed by atoms with van der Waals surface area (Å²) in [6.45, 7) is 0. The quantitative estimate of drug-likeness (QED) is 0.450. The molecule has 0 fully saturated rings. The third-order valence-corrected chi connectivity index (χ3v) is 2.53. The summed E-state index contributed by atoms with van der Waals surface area (Å²) in [4.78, 5) is 6.55. The predicted molar refractivity (Wildman–Crippen MR) is 43.3 cm³/mol. The van der Waals surface area contributed by atoms with Crippen molar-refractivity contribution in [1.29, 1.82) is 0 Å². The summed E-state index contributed by atoms with van der Waals surface area (Å²) in [6, 6.07) is 2.00. The topological polar surface area (TPSA) is 43.1 Å². The van der Waals surface area contributed by atoms with Crippen LogP contribution >= 0.6 is 10.2 Å². The number of halogens is 5. The zero-order chi connectivity index (χ0) is 12.0. The lowest BCUT2D eigenvalue weighted by Crippen LogP contribution is -2.06. The average molecular weight is 248 g/mol. The van der Waals surface area contributed by atoms with E-state index in [2.05, 4.69) is 0 Å². The molecule has 0 spiro atoms. The fourth-order valence-electron chi connectivity index (χ4n) is 0.766. The van der Waals surface area contributed by atoms with E-state index in [1.165, 1.54) is 0 Å². The molecule has 1 rings (SSSR count). The molecule has 0 heterocycles. The Morgan fingerprint density at radius 2 is 1.73 bits per heavy atom. The summed E-state index contributed by atoms with van der Waals surface area (Å²) in [5.74, 6) is 0. The maximum Gasteiger partial charge on any atom is 0.310 e. The van der Waals surface area contributed by atoms with Crippen molar-refractivity contribution in [2.45, 2.75) is 4.90 Å². The normalized spacial score (nSPS) is 16.6. The summed E-state index contributed by atoms with van der Waals surface area (Å²) in [5, 5.41) is 10.1. The molecule has 0 aliphatic heterocycles. The zero-order valence-corrected chi connectivity index (χ0v) is 7.61. The van der Waals surface area contributed by atoms with Crippen LogP contribution in [0.4, 0.5) is 25.1 Å². The van der Waals surface area contributed by atoms with Crippen molar-refractivity contribution in [2.75, 3.05) is 0 Å². The van der Waals surface area contributed by atoms with Crippen molar-refractivity contribution in [1.82, 2.24) is 0 Å². The first-order chi connectivity index (χ1) is 6.40. The van der Waals surface area contributed by atoms with Gasteiger partial charge in [0.1, 0.15) is 4.90 Å². The highest BCUT2D eigenvalue weighted by Crippen LogP contribution is 3.02. The number of nitrogens with zero attached hydrogens (tertiary/aromatic N) is 1. The minimum absolute atomic E-state index is 0.0193. The highest BCUT2D eigenvalue weighted by Gasteiger charge is 2.65. The van der Waals surface area contributed by atoms with E-state index in [9.17, 15) is 29.5 Å². The fourth-order valence-corrected chi connectivity index (χ4v) is 1.40. The van der Waals surface area contributed by atoms with Gasteiger partial charge >= 0.3 is 10.2 Å². The number of benzene rings is 1. The summed E-state index contributed by atoms with van der Waals surface area (Å²) in [5.41, 5.74) is -1.08. The molecule has 0 aromatic heterocycles. The summed E-state index contributed by atoms with van der Waals surface area (Å²) >= 11 is 0. The minimum atomic E-state index is -9.85. The lowest BCUT2D eigenvalue weighted by molar-refractivity contribution is -0.385. The van der Waals surface area contributed by atoms with Gasteiger partial charge in [-0.15, -0.1) is 0 Å². The van der Waals surface area contributed by atoms with E-state index >= 15 is 0 Å². The van der Waals surface area contributed by atoms with E-state index in [-0.39, 0.29) is 12.1 Å². The Balaban J connectivity index is 3.43. The van der Waals surface area contributed by atoms with Gasteiger partial charge in [-0.25, -0.2) is 0 Å². The lowest BCUT2D eigenvalue weighted by Gasteiger charge is -2.40. The van der Waals surface area contributed by atoms with Crippen LogP contribution in [0.15, 0.2) is 23.1 Å². The molecule has 9 heteroatoms. The number of hydrogen-bond acceptors (Lipinski definition) is 2. The second-order valence-corrected chi connectivity index (χ2v) is 5.06. The molecule has 0 aliphatic carbocycles. The molecule has 0 atom stereocenters. The van der Waals surface area contributed by atoms with E-state index in [4.69, 9.17) is 0 Å². The van der Waals surface area contributed by atoms with Gasteiger partial charge in [0.05, 0.1) is 4.92 Å². The third kappa shape index (κ3) is 2.78. The van der Waals surface area contributed by atoms with Gasteiger partial charge in [-0.2, -0.15) is 0 Å². The molecule has 0 N–H and O–H groups in total. The van der Waals surface area contributed by atoms with E-state index < -0.39 is 25.7 Å². The third-order valence-electron chi connectivity index (χ3n) is 1.40. The highest BCUT2D eigenvalue weighted by atomic mass is 32.5. The van der Waals surface area contributed by atoms with Crippen LogP contribution in [0.5, 0.6) is 0 Å². The number of nitro benzene ring substituents is 1. The van der Waals surface area contributed by atoms with E-state index in [0.717, 1.165) is 0 Å². The smallest absolute Gasteiger partial charge is 0.258 e. The Labute approximate surface area is 80.4 Å². The Bertz CT molecular complexity index is 428. The Morgan fingerprint density at radius 3 is 2.13 bits per heavy atom. The zero-order valence-electron chi connectivity index (χ0n) is 6.79. The molecule has 0 amide bonds. The van der Waals surface area contributed by atoms with Crippen LogP contribution in [0, 0.1) is 16.2 Å². The molecule has 0 saturated heterocycles. The number of rotatable bonds is 2. The van der Waals surface area contributed by atoms with Crippen molar-refractivity contribution >= 4 is 15.9 Å². The first kappa shape index (κ1) is 11.7. The molecule has 1 aromatic rings. The van der Waals surface area contributed by atoms with E-state index in [1.807, 2.05) is 0 Å². The summed E-state index contributed by atoms with van der Waals surface area (Å²) in [7, 11) is -9.85. The maximum absolute atomic E-state index is 12.1. The van der Waals surface area contributed by atoms with Gasteiger partial charge in [-0.05, 0) is 12.1 Å². The first-order valence-electron chi connectivity index (χ1n) is 3.30. The fraction of sp³-hybridized carbons (Fsp3) is 0. The van der Waals surface area contributed by atoms with Crippen molar-refractivity contribution in [3.63, 3.8) is 0 Å². The molecular weight excluding hydrogens is 245 g/mol. The lowest BCUT2D eigenvalue weighted by atomic mass is 10.3. The molecule has 0 unspecified atom stereocenters. The molecule has 1 aromatic carbocycles. The largest absolute Gasteiger partial charge is 0.310 e. The number of non-ortho nitro benzene ring substituents is 1. The number of hydrogen-bond donors (Lipinski definition) is 0. The van der Waals surface area contributed by atoms with Gasteiger partial charge in [-0.3, -0.25) is 10.1 Å². The average Bonchev–Trinajstić information content (AvgIpc) is 2.00. The second-order valence-electron chi connectivity index (χ2n) is 2.65. The van der Waals surface area contributed by atoms with Gasteiger partial charge in [0.25, 0.3) is 5.69 Å². The van der Waals surface area contributed by atoms with Gasteiger partial charge in [0.15, 0.2) is 0 Å². The first-order valence-corrected chi connectivity index (χ1v) is 5.25. The molecule has 0 aliphatic rings. The van der Waals surface area contributed by atoms with Crippen LogP contribution < -0.4 is 0 Å². The maximum atomic E-state index is 12.1. The van der Waals surface area contributed by atoms with Crippen molar-refractivity contribution in [3.8, 4) is 0 Å². The van der Waals surface area contributed by atoms with Crippen molar-refractivity contribution < 1.29 is 24.4 Å². The molecule has 0 bridgehead atoms. The van der Waals surface area contributed by atoms with Crippen LogP contribution in [0.3, 0.4) is 0 Å². The second kappa shape index (κ2) is 2.40. The molecule has 0 saturated carbocycles.